The third-order valence-electron chi connectivity index (χ3n) is 3.47. The monoisotopic (exact) mass is 349 g/mol. The number of halogens is 2. The van der Waals surface area contributed by atoms with Crippen molar-refractivity contribution in [2.24, 2.45) is 0 Å². The number of hydrogen-bond acceptors (Lipinski definition) is 5. The van der Waals surface area contributed by atoms with Gasteiger partial charge in [0.15, 0.2) is 17.4 Å². The summed E-state index contributed by atoms with van der Waals surface area (Å²) in [7, 11) is 1.37. The Labute approximate surface area is 140 Å². The van der Waals surface area contributed by atoms with Gasteiger partial charge < -0.3 is 15.8 Å². The van der Waals surface area contributed by atoms with Crippen LogP contribution in [0.1, 0.15) is 15.2 Å². The number of anilines is 1. The number of thiophene rings is 1. The summed E-state index contributed by atoms with van der Waals surface area (Å²) in [5, 5.41) is 2.83. The molecule has 3 N–H and O–H groups in total. The van der Waals surface area contributed by atoms with Crippen LogP contribution >= 0.6 is 11.3 Å². The lowest BCUT2D eigenvalue weighted by Crippen LogP contribution is -2.22. The number of carbonyl (C=O) groups excluding carboxylic acids is 1. The molecule has 1 amide bonds. The molecule has 5 nitrogen and oxygen atoms in total. The lowest BCUT2D eigenvalue weighted by molar-refractivity contribution is 0.0956. The fraction of sp³-hybridized carbons (Fsp3) is 0.125. The normalized spacial score (nSPS) is 10.8. The Morgan fingerprint density at radius 1 is 1.33 bits per heavy atom. The Bertz CT molecular complexity index is 927. The number of nitrogen functional groups attached to an aromatic ring is 1. The second-order valence-electron chi connectivity index (χ2n) is 4.99. The highest BCUT2D eigenvalue weighted by atomic mass is 32.1. The van der Waals surface area contributed by atoms with E-state index in [-0.39, 0.29) is 28.2 Å². The number of nitrogens with two attached hydrogens (primary N) is 1. The molecule has 8 heteroatoms. The number of fused-ring (bicyclic) bond motifs is 1. The molecule has 0 bridgehead atoms. The summed E-state index contributed by atoms with van der Waals surface area (Å²) in [4.78, 5) is 16.2. The number of aromatic nitrogens is 1. The van der Waals surface area contributed by atoms with E-state index in [4.69, 9.17) is 10.5 Å². The second-order valence-corrected chi connectivity index (χ2v) is 6.04. The Kier molecular flexibility index (Phi) is 4.30. The third-order valence-corrected chi connectivity index (χ3v) is 4.61. The molecule has 0 radical (unpaired) electrons. The lowest BCUT2D eigenvalue weighted by Gasteiger charge is -2.07. The number of rotatable bonds is 4. The van der Waals surface area contributed by atoms with E-state index in [2.05, 4.69) is 10.3 Å². The van der Waals surface area contributed by atoms with Gasteiger partial charge in [0.05, 0.1) is 29.1 Å². The molecule has 3 aromatic rings. The number of benzene rings is 1. The van der Waals surface area contributed by atoms with E-state index in [0.29, 0.717) is 10.3 Å². The average molecular weight is 349 g/mol. The van der Waals surface area contributed by atoms with E-state index < -0.39 is 17.5 Å². The summed E-state index contributed by atoms with van der Waals surface area (Å²) in [6.07, 6.45) is 2.50. The molecule has 0 saturated carbocycles. The van der Waals surface area contributed by atoms with E-state index in [9.17, 15) is 13.6 Å². The fourth-order valence-electron chi connectivity index (χ4n) is 2.29. The maximum absolute atomic E-state index is 13.8. The van der Waals surface area contributed by atoms with Gasteiger partial charge in [-0.3, -0.25) is 9.78 Å². The van der Waals surface area contributed by atoms with Crippen LogP contribution in [0.15, 0.2) is 30.6 Å². The molecule has 2 aromatic heterocycles. The zero-order chi connectivity index (χ0) is 17.3. The van der Waals surface area contributed by atoms with Gasteiger partial charge in [-0.1, -0.05) is 6.07 Å². The van der Waals surface area contributed by atoms with Gasteiger partial charge in [-0.2, -0.15) is 0 Å². The minimum Gasteiger partial charge on any atom is -0.494 e. The van der Waals surface area contributed by atoms with E-state index in [0.717, 1.165) is 17.5 Å². The van der Waals surface area contributed by atoms with E-state index in [1.807, 2.05) is 0 Å². The first-order chi connectivity index (χ1) is 11.5. The van der Waals surface area contributed by atoms with Crippen LogP contribution in [0.25, 0.3) is 10.1 Å². The van der Waals surface area contributed by atoms with Crippen LogP contribution in [-0.4, -0.2) is 18.0 Å². The summed E-state index contributed by atoms with van der Waals surface area (Å²) >= 11 is 1.06. The van der Waals surface area contributed by atoms with Crippen LogP contribution in [-0.2, 0) is 6.54 Å². The molecule has 0 aliphatic rings. The number of carbonyl (C=O) groups is 1. The number of ether oxygens (including phenoxy) is 1. The Morgan fingerprint density at radius 3 is 2.79 bits per heavy atom. The Hall–Kier alpha value is -2.74. The topological polar surface area (TPSA) is 77.2 Å². The highest BCUT2D eigenvalue weighted by molar-refractivity contribution is 7.21. The molecule has 0 aliphatic heterocycles. The van der Waals surface area contributed by atoms with Crippen molar-refractivity contribution in [3.63, 3.8) is 0 Å². The van der Waals surface area contributed by atoms with Crippen molar-refractivity contribution in [2.45, 2.75) is 6.54 Å². The number of pyridine rings is 1. The number of amides is 1. The number of methoxy groups -OCH3 is 1. The van der Waals surface area contributed by atoms with Crippen LogP contribution in [0.3, 0.4) is 0 Å². The molecule has 124 valence electrons. The van der Waals surface area contributed by atoms with Crippen LogP contribution in [0, 0.1) is 11.6 Å². The van der Waals surface area contributed by atoms with Gasteiger partial charge >= 0.3 is 0 Å². The predicted molar refractivity (Wildman–Crippen MR) is 88.1 cm³/mol. The first-order valence-corrected chi connectivity index (χ1v) is 7.75. The summed E-state index contributed by atoms with van der Waals surface area (Å²) < 4.78 is 32.7. The SMILES string of the molecule is COc1ccc(CNC(=O)c2sc3cncc(F)c3c2N)cc1F. The maximum Gasteiger partial charge on any atom is 0.263 e. The molecule has 0 saturated heterocycles. The second kappa shape index (κ2) is 6.40. The molecule has 0 spiro atoms. The molecule has 3 rings (SSSR count). The molecule has 0 unspecified atom stereocenters. The zero-order valence-corrected chi connectivity index (χ0v) is 13.4. The van der Waals surface area contributed by atoms with Crippen molar-refractivity contribution in [3.05, 3.63) is 52.7 Å². The van der Waals surface area contributed by atoms with E-state index in [1.165, 1.54) is 25.4 Å². The van der Waals surface area contributed by atoms with Crippen molar-refractivity contribution in [1.82, 2.24) is 10.3 Å². The Morgan fingerprint density at radius 2 is 2.12 bits per heavy atom. The van der Waals surface area contributed by atoms with Gasteiger partial charge in [0.1, 0.15) is 4.88 Å². The molecule has 24 heavy (non-hydrogen) atoms. The lowest BCUT2D eigenvalue weighted by atomic mass is 10.2. The standard InChI is InChI=1S/C16H13F2N3O2S/c1-23-11-3-2-8(4-9(11)17)5-21-16(22)15-14(19)13-10(18)6-20-7-12(13)24-15/h2-4,6-7H,5,19H2,1H3,(H,21,22). The molecular weight excluding hydrogens is 336 g/mol. The molecular formula is C16H13F2N3O2S. The quantitative estimate of drug-likeness (QED) is 0.759. The van der Waals surface area contributed by atoms with E-state index >= 15 is 0 Å². The van der Waals surface area contributed by atoms with Gasteiger partial charge in [0.2, 0.25) is 0 Å². The van der Waals surface area contributed by atoms with Crippen LogP contribution < -0.4 is 15.8 Å². The third kappa shape index (κ3) is 2.88. The average Bonchev–Trinajstić information content (AvgIpc) is 2.91. The van der Waals surface area contributed by atoms with Gasteiger partial charge in [-0.15, -0.1) is 11.3 Å². The predicted octanol–water partition coefficient (Wildman–Crippen LogP) is 3.10. The Balaban J connectivity index is 1.79. The summed E-state index contributed by atoms with van der Waals surface area (Å²) in [6.45, 7) is 0.105. The zero-order valence-electron chi connectivity index (χ0n) is 12.6. The molecule has 0 fully saturated rings. The number of nitrogens with one attached hydrogen (secondary N) is 1. The van der Waals surface area contributed by atoms with Crippen LogP contribution in [0.4, 0.5) is 14.5 Å². The summed E-state index contributed by atoms with van der Waals surface area (Å²) in [6, 6.07) is 4.39. The highest BCUT2D eigenvalue weighted by Crippen LogP contribution is 2.34. The van der Waals surface area contributed by atoms with Crippen LogP contribution in [0.5, 0.6) is 5.75 Å². The van der Waals surface area contributed by atoms with Gasteiger partial charge in [0, 0.05) is 12.7 Å². The van der Waals surface area contributed by atoms with Crippen molar-refractivity contribution >= 4 is 33.0 Å². The summed E-state index contributed by atoms with van der Waals surface area (Å²) in [5.74, 6) is -1.41. The number of hydrogen-bond donors (Lipinski definition) is 2. The smallest absolute Gasteiger partial charge is 0.263 e. The van der Waals surface area contributed by atoms with Crippen molar-refractivity contribution in [2.75, 3.05) is 12.8 Å². The van der Waals surface area contributed by atoms with Crippen molar-refractivity contribution in [1.29, 1.82) is 0 Å². The molecule has 2 heterocycles. The van der Waals surface area contributed by atoms with Crippen LogP contribution in [0.2, 0.25) is 0 Å². The van der Waals surface area contributed by atoms with Gasteiger partial charge in [0.25, 0.3) is 5.91 Å². The first-order valence-electron chi connectivity index (χ1n) is 6.93. The van der Waals surface area contributed by atoms with Crippen molar-refractivity contribution < 1.29 is 18.3 Å². The van der Waals surface area contributed by atoms with Crippen molar-refractivity contribution in [3.8, 4) is 5.75 Å². The molecule has 0 atom stereocenters. The highest BCUT2D eigenvalue weighted by Gasteiger charge is 2.19. The number of nitrogens with zero attached hydrogens (tertiary/aromatic N) is 1. The molecule has 0 aliphatic carbocycles. The van der Waals surface area contributed by atoms with E-state index in [1.54, 1.807) is 6.07 Å². The maximum atomic E-state index is 13.8. The fourth-order valence-corrected chi connectivity index (χ4v) is 3.31. The largest absolute Gasteiger partial charge is 0.494 e. The first kappa shape index (κ1) is 16.1. The summed E-state index contributed by atoms with van der Waals surface area (Å²) in [5.41, 5.74) is 6.52. The molecule has 1 aromatic carbocycles. The van der Waals surface area contributed by atoms with Gasteiger partial charge in [-0.25, -0.2) is 8.78 Å². The minimum absolute atomic E-state index is 0.0771. The van der Waals surface area contributed by atoms with Gasteiger partial charge in [-0.05, 0) is 17.7 Å². The minimum atomic E-state index is -0.572.